The second-order valence-corrected chi connectivity index (χ2v) is 7.93. The Bertz CT molecular complexity index is 818. The molecule has 1 aliphatic heterocycles. The number of carbonyl (C=O) groups is 1. The second kappa shape index (κ2) is 7.20. The van der Waals surface area contributed by atoms with Gasteiger partial charge < -0.3 is 14.8 Å². The lowest BCUT2D eigenvalue weighted by Gasteiger charge is -2.19. The van der Waals surface area contributed by atoms with Crippen molar-refractivity contribution in [2.75, 3.05) is 25.1 Å². The van der Waals surface area contributed by atoms with Gasteiger partial charge in [-0.1, -0.05) is 6.07 Å². The van der Waals surface area contributed by atoms with Gasteiger partial charge in [0.25, 0.3) is 0 Å². The monoisotopic (exact) mass is 368 g/mol. The lowest BCUT2D eigenvalue weighted by molar-refractivity contribution is -0.116. The first-order chi connectivity index (χ1) is 11.5. The molecule has 24 heavy (non-hydrogen) atoms. The fourth-order valence-corrected chi connectivity index (χ4v) is 4.20. The summed E-state index contributed by atoms with van der Waals surface area (Å²) in [6.07, 6.45) is 0.0268. The predicted molar refractivity (Wildman–Crippen MR) is 90.2 cm³/mol. The van der Waals surface area contributed by atoms with Crippen molar-refractivity contribution in [1.82, 2.24) is 4.72 Å². The van der Waals surface area contributed by atoms with Crippen LogP contribution in [-0.4, -0.2) is 34.1 Å². The largest absolute Gasteiger partial charge is 0.486 e. The van der Waals surface area contributed by atoms with E-state index in [0.29, 0.717) is 30.4 Å². The molecule has 9 heteroatoms. The number of ether oxygens (including phenoxy) is 2. The van der Waals surface area contributed by atoms with E-state index in [1.54, 1.807) is 29.6 Å². The lowest BCUT2D eigenvalue weighted by Crippen LogP contribution is -2.27. The highest BCUT2D eigenvalue weighted by atomic mass is 32.2. The Morgan fingerprint density at radius 2 is 1.96 bits per heavy atom. The maximum Gasteiger partial charge on any atom is 0.250 e. The molecule has 1 aromatic carbocycles. The van der Waals surface area contributed by atoms with E-state index >= 15 is 0 Å². The molecule has 0 bridgehead atoms. The fraction of sp³-hybridized carbons (Fsp3) is 0.267. The molecule has 0 radical (unpaired) electrons. The Labute approximate surface area is 143 Å². The van der Waals surface area contributed by atoms with Crippen molar-refractivity contribution in [2.24, 2.45) is 0 Å². The molecular weight excluding hydrogens is 352 g/mol. The maximum absolute atomic E-state index is 11.9. The molecule has 2 N–H and O–H groups in total. The van der Waals surface area contributed by atoms with Gasteiger partial charge >= 0.3 is 0 Å². The third kappa shape index (κ3) is 4.05. The zero-order valence-corrected chi connectivity index (χ0v) is 14.3. The van der Waals surface area contributed by atoms with E-state index < -0.39 is 10.0 Å². The molecule has 1 amide bonds. The number of hydrogen-bond donors (Lipinski definition) is 2. The standard InChI is InChI=1S/C15H16N2O5S2/c18-14(5-6-16-24(19,20)15-2-1-9-23-15)17-11-3-4-12-13(10-11)22-8-7-21-12/h1-4,9-10,16H,5-8H2,(H,17,18). The molecular formula is C15H16N2O5S2. The first-order valence-corrected chi connectivity index (χ1v) is 9.63. The van der Waals surface area contributed by atoms with Gasteiger partial charge in [0.2, 0.25) is 15.9 Å². The topological polar surface area (TPSA) is 93.7 Å². The van der Waals surface area contributed by atoms with Crippen molar-refractivity contribution in [3.8, 4) is 11.5 Å². The number of nitrogens with one attached hydrogen (secondary N) is 2. The summed E-state index contributed by atoms with van der Waals surface area (Å²) < 4.78 is 37.4. The van der Waals surface area contributed by atoms with E-state index in [0.717, 1.165) is 11.3 Å². The minimum absolute atomic E-state index is 0.0244. The van der Waals surface area contributed by atoms with Crippen LogP contribution in [0.15, 0.2) is 39.9 Å². The molecule has 0 saturated heterocycles. The Morgan fingerprint density at radius 1 is 1.17 bits per heavy atom. The average Bonchev–Trinajstić information content (AvgIpc) is 3.10. The van der Waals surface area contributed by atoms with Crippen molar-refractivity contribution in [3.05, 3.63) is 35.7 Å². The Kier molecular flexibility index (Phi) is 5.03. The zero-order chi connectivity index (χ0) is 17.0. The van der Waals surface area contributed by atoms with Crippen LogP contribution in [0.5, 0.6) is 11.5 Å². The van der Waals surface area contributed by atoms with E-state index in [1.165, 1.54) is 6.07 Å². The SMILES string of the molecule is O=C(CCNS(=O)(=O)c1cccs1)Nc1ccc2c(c1)OCCO2. The van der Waals surface area contributed by atoms with Crippen molar-refractivity contribution >= 4 is 33.0 Å². The highest BCUT2D eigenvalue weighted by Gasteiger charge is 2.16. The molecule has 0 spiro atoms. The third-order valence-electron chi connectivity index (χ3n) is 3.23. The summed E-state index contributed by atoms with van der Waals surface area (Å²) >= 11 is 1.13. The summed E-state index contributed by atoms with van der Waals surface area (Å²) in [4.78, 5) is 11.9. The number of amides is 1. The number of hydrogen-bond acceptors (Lipinski definition) is 6. The molecule has 0 aliphatic carbocycles. The molecule has 2 heterocycles. The van der Waals surface area contributed by atoms with Gasteiger partial charge in [0, 0.05) is 24.7 Å². The molecule has 3 rings (SSSR count). The number of carbonyl (C=O) groups excluding carboxylic acids is 1. The molecule has 0 fully saturated rings. The molecule has 0 unspecified atom stereocenters. The van der Waals surface area contributed by atoms with E-state index in [-0.39, 0.29) is 23.1 Å². The van der Waals surface area contributed by atoms with E-state index in [2.05, 4.69) is 10.0 Å². The summed E-state index contributed by atoms with van der Waals surface area (Å²) in [6, 6.07) is 8.29. The smallest absolute Gasteiger partial charge is 0.250 e. The Morgan fingerprint density at radius 3 is 2.71 bits per heavy atom. The normalized spacial score (nSPS) is 13.5. The van der Waals surface area contributed by atoms with Crippen molar-refractivity contribution in [2.45, 2.75) is 10.6 Å². The van der Waals surface area contributed by atoms with Crippen LogP contribution in [0.3, 0.4) is 0 Å². The first kappa shape index (κ1) is 16.7. The predicted octanol–water partition coefficient (Wildman–Crippen LogP) is 1.83. The molecule has 0 atom stereocenters. The van der Waals surface area contributed by atoms with E-state index in [1.807, 2.05) is 0 Å². The van der Waals surface area contributed by atoms with Crippen LogP contribution >= 0.6 is 11.3 Å². The Hall–Kier alpha value is -2.10. The number of sulfonamides is 1. The van der Waals surface area contributed by atoms with Gasteiger partial charge in [0.1, 0.15) is 17.4 Å². The summed E-state index contributed by atoms with van der Waals surface area (Å²) in [5.74, 6) is 0.931. The lowest BCUT2D eigenvalue weighted by atomic mass is 10.2. The van der Waals surface area contributed by atoms with Crippen LogP contribution in [-0.2, 0) is 14.8 Å². The van der Waals surface area contributed by atoms with Gasteiger partial charge in [0.05, 0.1) is 0 Å². The van der Waals surface area contributed by atoms with Crippen LogP contribution in [0.2, 0.25) is 0 Å². The van der Waals surface area contributed by atoms with E-state index in [9.17, 15) is 13.2 Å². The Balaban J connectivity index is 1.51. The van der Waals surface area contributed by atoms with Gasteiger partial charge in [-0.2, -0.15) is 0 Å². The number of fused-ring (bicyclic) bond motifs is 1. The van der Waals surface area contributed by atoms with Crippen molar-refractivity contribution in [1.29, 1.82) is 0 Å². The summed E-state index contributed by atoms with van der Waals surface area (Å²) in [6.45, 7) is 0.995. The average molecular weight is 368 g/mol. The van der Waals surface area contributed by atoms with Gasteiger partial charge in [0.15, 0.2) is 11.5 Å². The first-order valence-electron chi connectivity index (χ1n) is 7.27. The van der Waals surface area contributed by atoms with Crippen molar-refractivity contribution in [3.63, 3.8) is 0 Å². The van der Waals surface area contributed by atoms with Crippen LogP contribution in [0.4, 0.5) is 5.69 Å². The number of thiophene rings is 1. The summed E-state index contributed by atoms with van der Waals surface area (Å²) in [5, 5.41) is 4.39. The minimum Gasteiger partial charge on any atom is -0.486 e. The van der Waals surface area contributed by atoms with Crippen LogP contribution in [0.25, 0.3) is 0 Å². The summed E-state index contributed by atoms with van der Waals surface area (Å²) in [7, 11) is -3.55. The molecule has 1 aliphatic rings. The molecule has 2 aromatic rings. The number of anilines is 1. The minimum atomic E-state index is -3.55. The van der Waals surface area contributed by atoms with E-state index in [4.69, 9.17) is 9.47 Å². The van der Waals surface area contributed by atoms with Gasteiger partial charge in [-0.25, -0.2) is 13.1 Å². The van der Waals surface area contributed by atoms with Gasteiger partial charge in [-0.3, -0.25) is 4.79 Å². The second-order valence-electron chi connectivity index (χ2n) is 4.99. The number of benzene rings is 1. The van der Waals surface area contributed by atoms with Crippen molar-refractivity contribution < 1.29 is 22.7 Å². The van der Waals surface area contributed by atoms with Crippen LogP contribution in [0, 0.1) is 0 Å². The van der Waals surface area contributed by atoms with Crippen LogP contribution < -0.4 is 19.5 Å². The number of rotatable bonds is 6. The third-order valence-corrected chi connectivity index (χ3v) is 6.09. The highest BCUT2D eigenvalue weighted by Crippen LogP contribution is 2.32. The quantitative estimate of drug-likeness (QED) is 0.811. The van der Waals surface area contributed by atoms with Gasteiger partial charge in [-0.15, -0.1) is 11.3 Å². The van der Waals surface area contributed by atoms with Crippen LogP contribution in [0.1, 0.15) is 6.42 Å². The maximum atomic E-state index is 11.9. The zero-order valence-electron chi connectivity index (χ0n) is 12.7. The molecule has 1 aromatic heterocycles. The van der Waals surface area contributed by atoms with Gasteiger partial charge in [-0.05, 0) is 23.6 Å². The summed E-state index contributed by atoms with van der Waals surface area (Å²) in [5.41, 5.74) is 0.574. The molecule has 7 nitrogen and oxygen atoms in total. The molecule has 128 valence electrons. The fourth-order valence-electron chi connectivity index (χ4n) is 2.13. The highest BCUT2D eigenvalue weighted by molar-refractivity contribution is 7.91. The molecule has 0 saturated carbocycles.